The smallest absolute Gasteiger partial charge is 0.284 e. The van der Waals surface area contributed by atoms with Gasteiger partial charge in [0.25, 0.3) is 11.8 Å². The lowest BCUT2D eigenvalue weighted by atomic mass is 9.98. The second-order valence-electron chi connectivity index (χ2n) is 9.75. The minimum absolute atomic E-state index is 0.223. The highest BCUT2D eigenvalue weighted by atomic mass is 35.5. The highest BCUT2D eigenvalue weighted by Crippen LogP contribution is 2.38. The van der Waals surface area contributed by atoms with Gasteiger partial charge in [0.2, 0.25) is 0 Å². The van der Waals surface area contributed by atoms with Gasteiger partial charge in [0, 0.05) is 60.0 Å². The molecule has 0 bridgehead atoms. The standard InChI is InChI=1S/C28H27ClN6O2S2/c1-15-16(5-3-7-18(15)31-25(36)27-33-19-9-11-30-13-22(19)38-27)17-6-4-8-21(24(17)29)32-26(37)28-34-20-10-12-35(2)14-23(20)39-28/h3-8,30H,9-14H2,1-2H3,(H,31,36)(H,32,37). The van der Waals surface area contributed by atoms with E-state index >= 15 is 0 Å². The number of likely N-dealkylation sites (N-methyl/N-ethyl adjacent to an activating group) is 1. The van der Waals surface area contributed by atoms with Crippen LogP contribution in [-0.2, 0) is 25.9 Å². The van der Waals surface area contributed by atoms with Crippen LogP contribution in [0.2, 0.25) is 5.02 Å². The SMILES string of the molecule is Cc1c(NC(=O)c2nc3c(s2)CNCC3)cccc1-c1cccc(NC(=O)c2nc3c(s2)CN(C)CC3)c1Cl. The second kappa shape index (κ2) is 10.8. The summed E-state index contributed by atoms with van der Waals surface area (Å²) in [6, 6.07) is 11.3. The highest BCUT2D eigenvalue weighted by Gasteiger charge is 2.23. The Bertz CT molecular complexity index is 1570. The van der Waals surface area contributed by atoms with Crippen molar-refractivity contribution in [1.29, 1.82) is 0 Å². The predicted molar refractivity (Wildman–Crippen MR) is 157 cm³/mol. The molecule has 0 fully saturated rings. The van der Waals surface area contributed by atoms with Gasteiger partial charge in [-0.3, -0.25) is 9.59 Å². The van der Waals surface area contributed by atoms with Crippen molar-refractivity contribution in [2.75, 3.05) is 30.8 Å². The van der Waals surface area contributed by atoms with E-state index in [2.05, 4.69) is 37.9 Å². The third-order valence-corrected chi connectivity index (χ3v) is 9.62. The van der Waals surface area contributed by atoms with Crippen molar-refractivity contribution in [3.8, 4) is 11.1 Å². The van der Waals surface area contributed by atoms with E-state index in [1.165, 1.54) is 22.7 Å². The lowest BCUT2D eigenvalue weighted by molar-refractivity contribution is 0.101. The summed E-state index contributed by atoms with van der Waals surface area (Å²) in [6.45, 7) is 5.32. The molecule has 2 aromatic carbocycles. The maximum atomic E-state index is 13.1. The van der Waals surface area contributed by atoms with E-state index in [1.54, 1.807) is 6.07 Å². The molecule has 2 amide bonds. The molecule has 39 heavy (non-hydrogen) atoms. The Balaban J connectivity index is 1.23. The fourth-order valence-electron chi connectivity index (χ4n) is 4.89. The van der Waals surface area contributed by atoms with E-state index < -0.39 is 0 Å². The van der Waals surface area contributed by atoms with Crippen molar-refractivity contribution < 1.29 is 9.59 Å². The Labute approximate surface area is 239 Å². The Hall–Kier alpha value is -3.15. The molecule has 4 aromatic rings. The minimum Gasteiger partial charge on any atom is -0.320 e. The topological polar surface area (TPSA) is 99.2 Å². The average molecular weight is 579 g/mol. The number of nitrogens with zero attached hydrogens (tertiary/aromatic N) is 3. The van der Waals surface area contributed by atoms with E-state index in [-0.39, 0.29) is 11.8 Å². The lowest BCUT2D eigenvalue weighted by Crippen LogP contribution is -2.25. The molecule has 3 N–H and O–H groups in total. The molecule has 0 atom stereocenters. The number of thiazole rings is 2. The summed E-state index contributed by atoms with van der Waals surface area (Å²) in [5, 5.41) is 10.6. The fraction of sp³-hybridized carbons (Fsp3) is 0.286. The summed E-state index contributed by atoms with van der Waals surface area (Å²) in [5.74, 6) is -0.491. The van der Waals surface area contributed by atoms with Crippen LogP contribution in [0.25, 0.3) is 11.1 Å². The number of amides is 2. The van der Waals surface area contributed by atoms with E-state index in [0.29, 0.717) is 26.4 Å². The molecule has 11 heteroatoms. The number of hydrogen-bond acceptors (Lipinski definition) is 8. The number of nitrogens with one attached hydrogen (secondary N) is 3. The normalized spacial score (nSPS) is 14.9. The summed E-state index contributed by atoms with van der Waals surface area (Å²) >= 11 is 9.71. The summed E-state index contributed by atoms with van der Waals surface area (Å²) in [4.78, 5) is 39.7. The van der Waals surface area contributed by atoms with Crippen molar-refractivity contribution in [2.45, 2.75) is 32.9 Å². The minimum atomic E-state index is -0.268. The van der Waals surface area contributed by atoms with Gasteiger partial charge in [-0.15, -0.1) is 22.7 Å². The van der Waals surface area contributed by atoms with Crippen LogP contribution in [-0.4, -0.2) is 46.8 Å². The quantitative estimate of drug-likeness (QED) is 0.295. The van der Waals surface area contributed by atoms with Crippen LogP contribution >= 0.6 is 34.3 Å². The van der Waals surface area contributed by atoms with Crippen molar-refractivity contribution in [3.63, 3.8) is 0 Å². The molecule has 0 spiro atoms. The van der Waals surface area contributed by atoms with Gasteiger partial charge in [-0.05, 0) is 37.2 Å². The van der Waals surface area contributed by atoms with E-state index in [4.69, 9.17) is 11.6 Å². The maximum Gasteiger partial charge on any atom is 0.284 e. The molecule has 0 radical (unpaired) electrons. The highest BCUT2D eigenvalue weighted by molar-refractivity contribution is 7.14. The largest absolute Gasteiger partial charge is 0.320 e. The first-order chi connectivity index (χ1) is 18.9. The van der Waals surface area contributed by atoms with Crippen LogP contribution in [0.1, 0.15) is 46.3 Å². The zero-order valence-corrected chi connectivity index (χ0v) is 23.9. The molecule has 4 heterocycles. The van der Waals surface area contributed by atoms with Crippen LogP contribution in [0.4, 0.5) is 11.4 Å². The van der Waals surface area contributed by atoms with Gasteiger partial charge in [0.05, 0.1) is 22.1 Å². The van der Waals surface area contributed by atoms with Gasteiger partial charge in [-0.2, -0.15) is 0 Å². The number of rotatable bonds is 5. The lowest BCUT2D eigenvalue weighted by Gasteiger charge is -2.20. The number of carbonyl (C=O) groups excluding carboxylic acids is 2. The van der Waals surface area contributed by atoms with Crippen LogP contribution in [0.3, 0.4) is 0 Å². The van der Waals surface area contributed by atoms with Gasteiger partial charge >= 0.3 is 0 Å². The molecular weight excluding hydrogens is 552 g/mol. The first-order valence-electron chi connectivity index (χ1n) is 12.7. The maximum absolute atomic E-state index is 13.1. The van der Waals surface area contributed by atoms with E-state index in [0.717, 1.165) is 76.9 Å². The average Bonchev–Trinajstić information content (AvgIpc) is 3.55. The number of benzene rings is 2. The third kappa shape index (κ3) is 5.22. The fourth-order valence-corrected chi connectivity index (χ4v) is 7.22. The Kier molecular flexibility index (Phi) is 7.22. The van der Waals surface area contributed by atoms with E-state index in [9.17, 15) is 9.59 Å². The number of carbonyl (C=O) groups is 2. The number of anilines is 2. The van der Waals surface area contributed by atoms with Gasteiger partial charge in [0.1, 0.15) is 0 Å². The number of halogens is 1. The third-order valence-electron chi connectivity index (χ3n) is 7.03. The van der Waals surface area contributed by atoms with Gasteiger partial charge in [-0.1, -0.05) is 35.9 Å². The zero-order valence-electron chi connectivity index (χ0n) is 21.6. The molecule has 2 aromatic heterocycles. The molecule has 0 saturated carbocycles. The van der Waals surface area contributed by atoms with Crippen LogP contribution in [0, 0.1) is 6.92 Å². The van der Waals surface area contributed by atoms with E-state index in [1.807, 2.05) is 37.3 Å². The van der Waals surface area contributed by atoms with Crippen molar-refractivity contribution >= 4 is 57.5 Å². The first-order valence-corrected chi connectivity index (χ1v) is 14.8. The van der Waals surface area contributed by atoms with Crippen molar-refractivity contribution in [1.82, 2.24) is 20.2 Å². The van der Waals surface area contributed by atoms with Crippen molar-refractivity contribution in [2.24, 2.45) is 0 Å². The molecule has 0 saturated heterocycles. The summed E-state index contributed by atoms with van der Waals surface area (Å²) < 4.78 is 0. The van der Waals surface area contributed by atoms with Gasteiger partial charge in [-0.25, -0.2) is 9.97 Å². The number of aromatic nitrogens is 2. The van der Waals surface area contributed by atoms with Crippen LogP contribution in [0.15, 0.2) is 36.4 Å². The first kappa shape index (κ1) is 26.1. The molecule has 2 aliphatic rings. The van der Waals surface area contributed by atoms with Crippen LogP contribution < -0.4 is 16.0 Å². The van der Waals surface area contributed by atoms with Crippen LogP contribution in [0.5, 0.6) is 0 Å². The molecule has 6 rings (SSSR count). The zero-order chi connectivity index (χ0) is 27.1. The molecule has 200 valence electrons. The second-order valence-corrected chi connectivity index (χ2v) is 12.3. The Morgan fingerprint density at radius 3 is 2.31 bits per heavy atom. The monoisotopic (exact) mass is 578 g/mol. The van der Waals surface area contributed by atoms with Gasteiger partial charge < -0.3 is 20.9 Å². The predicted octanol–water partition coefficient (Wildman–Crippen LogP) is 5.37. The summed E-state index contributed by atoms with van der Waals surface area (Å²) in [6.07, 6.45) is 1.68. The Morgan fingerprint density at radius 2 is 1.56 bits per heavy atom. The van der Waals surface area contributed by atoms with Gasteiger partial charge in [0.15, 0.2) is 10.0 Å². The summed E-state index contributed by atoms with van der Waals surface area (Å²) in [7, 11) is 2.07. The summed E-state index contributed by atoms with van der Waals surface area (Å²) in [5.41, 5.74) is 5.71. The molecule has 2 aliphatic heterocycles. The van der Waals surface area contributed by atoms with Crippen molar-refractivity contribution in [3.05, 3.63) is 78.1 Å². The molecule has 8 nitrogen and oxygen atoms in total. The molecule has 0 unspecified atom stereocenters. The Morgan fingerprint density at radius 1 is 0.923 bits per heavy atom. The number of hydrogen-bond donors (Lipinski definition) is 3. The molecular formula is C28H27ClN6O2S2. The molecule has 0 aliphatic carbocycles. The number of fused-ring (bicyclic) bond motifs is 2.